The van der Waals surface area contributed by atoms with Crippen molar-refractivity contribution < 1.29 is 9.59 Å². The van der Waals surface area contributed by atoms with Crippen molar-refractivity contribution in [2.75, 3.05) is 6.54 Å². The van der Waals surface area contributed by atoms with Crippen LogP contribution in [0.15, 0.2) is 24.3 Å². The Balaban J connectivity index is 2.09. The van der Waals surface area contributed by atoms with E-state index in [-0.39, 0.29) is 5.91 Å². The zero-order chi connectivity index (χ0) is 15.7. The number of nitrogens with two attached hydrogens (primary N) is 2. The SMILES string of the molecule is Cc1ccc(CCCC(=O)NCCCC(N)C(N)=O)cc1. The molecule has 0 bridgehead atoms. The molecule has 0 fully saturated rings. The molecule has 1 unspecified atom stereocenters. The summed E-state index contributed by atoms with van der Waals surface area (Å²) in [5.41, 5.74) is 13.1. The second kappa shape index (κ2) is 9.13. The average molecular weight is 291 g/mol. The number of rotatable bonds is 9. The van der Waals surface area contributed by atoms with Gasteiger partial charge in [-0.15, -0.1) is 0 Å². The van der Waals surface area contributed by atoms with Crippen molar-refractivity contribution in [3.8, 4) is 0 Å². The van der Waals surface area contributed by atoms with E-state index < -0.39 is 11.9 Å². The molecule has 5 nitrogen and oxygen atoms in total. The summed E-state index contributed by atoms with van der Waals surface area (Å²) in [6.45, 7) is 2.59. The average Bonchev–Trinajstić information content (AvgIpc) is 2.45. The largest absolute Gasteiger partial charge is 0.368 e. The van der Waals surface area contributed by atoms with Crippen molar-refractivity contribution in [3.05, 3.63) is 35.4 Å². The van der Waals surface area contributed by atoms with Crippen LogP contribution in [0.1, 0.15) is 36.8 Å². The summed E-state index contributed by atoms with van der Waals surface area (Å²) in [5.74, 6) is -0.464. The Bertz CT molecular complexity index is 457. The Labute approximate surface area is 126 Å². The van der Waals surface area contributed by atoms with Crippen molar-refractivity contribution in [2.24, 2.45) is 11.5 Å². The van der Waals surface area contributed by atoms with E-state index in [0.717, 1.165) is 12.8 Å². The first-order chi connectivity index (χ1) is 9.99. The monoisotopic (exact) mass is 291 g/mol. The van der Waals surface area contributed by atoms with E-state index >= 15 is 0 Å². The minimum atomic E-state index is -0.622. The van der Waals surface area contributed by atoms with Crippen LogP contribution in [0, 0.1) is 6.92 Å². The van der Waals surface area contributed by atoms with Crippen LogP contribution in [0.5, 0.6) is 0 Å². The summed E-state index contributed by atoms with van der Waals surface area (Å²) in [4.78, 5) is 22.4. The van der Waals surface area contributed by atoms with Crippen LogP contribution >= 0.6 is 0 Å². The molecule has 0 radical (unpaired) electrons. The molecular formula is C16H25N3O2. The molecule has 5 N–H and O–H groups in total. The molecule has 1 aromatic carbocycles. The number of nitrogens with one attached hydrogen (secondary N) is 1. The maximum Gasteiger partial charge on any atom is 0.234 e. The Morgan fingerprint density at radius 2 is 1.86 bits per heavy atom. The van der Waals surface area contributed by atoms with E-state index in [4.69, 9.17) is 11.5 Å². The summed E-state index contributed by atoms with van der Waals surface area (Å²) < 4.78 is 0. The Hall–Kier alpha value is -1.88. The van der Waals surface area contributed by atoms with Crippen LogP contribution in [0.2, 0.25) is 0 Å². The molecular weight excluding hydrogens is 266 g/mol. The quantitative estimate of drug-likeness (QED) is 0.592. The van der Waals surface area contributed by atoms with Gasteiger partial charge in [0, 0.05) is 13.0 Å². The maximum absolute atomic E-state index is 11.6. The third-order valence-corrected chi connectivity index (χ3v) is 3.37. The van der Waals surface area contributed by atoms with Crippen LogP contribution < -0.4 is 16.8 Å². The van der Waals surface area contributed by atoms with Crippen LogP contribution in [0.25, 0.3) is 0 Å². The van der Waals surface area contributed by atoms with Crippen LogP contribution in [-0.4, -0.2) is 24.4 Å². The fraction of sp³-hybridized carbons (Fsp3) is 0.500. The number of amides is 2. The molecule has 0 saturated heterocycles. The highest BCUT2D eigenvalue weighted by Crippen LogP contribution is 2.07. The van der Waals surface area contributed by atoms with Crippen molar-refractivity contribution in [3.63, 3.8) is 0 Å². The van der Waals surface area contributed by atoms with E-state index in [9.17, 15) is 9.59 Å². The van der Waals surface area contributed by atoms with Crippen molar-refractivity contribution >= 4 is 11.8 Å². The smallest absolute Gasteiger partial charge is 0.234 e. The number of hydrogen-bond acceptors (Lipinski definition) is 3. The standard InChI is InChI=1S/C16H25N3O2/c1-12-7-9-13(10-8-12)4-2-6-15(20)19-11-3-5-14(17)16(18)21/h7-10,14H,2-6,11,17H2,1H3,(H2,18,21)(H,19,20). The first kappa shape index (κ1) is 17.2. The van der Waals surface area contributed by atoms with Gasteiger partial charge in [-0.1, -0.05) is 29.8 Å². The normalized spacial score (nSPS) is 11.9. The Morgan fingerprint density at radius 1 is 1.19 bits per heavy atom. The topological polar surface area (TPSA) is 98.2 Å². The van der Waals surface area contributed by atoms with E-state index in [1.807, 2.05) is 0 Å². The summed E-state index contributed by atoms with van der Waals surface area (Å²) in [6.07, 6.45) is 3.40. The van der Waals surface area contributed by atoms with Gasteiger partial charge in [0.25, 0.3) is 0 Å². The molecule has 0 aliphatic rings. The molecule has 116 valence electrons. The summed E-state index contributed by atoms with van der Waals surface area (Å²) in [6, 6.07) is 7.73. The number of carbonyl (C=O) groups excluding carboxylic acids is 2. The van der Waals surface area contributed by atoms with Crippen molar-refractivity contribution in [2.45, 2.75) is 45.1 Å². The molecule has 1 aromatic rings. The second-order valence-corrected chi connectivity index (χ2v) is 5.34. The molecule has 0 aliphatic carbocycles. The van der Waals surface area contributed by atoms with Crippen LogP contribution in [-0.2, 0) is 16.0 Å². The van der Waals surface area contributed by atoms with Gasteiger partial charge in [-0.05, 0) is 38.2 Å². The van der Waals surface area contributed by atoms with Gasteiger partial charge in [0.15, 0.2) is 0 Å². The first-order valence-electron chi connectivity index (χ1n) is 7.36. The summed E-state index contributed by atoms with van der Waals surface area (Å²) in [7, 11) is 0. The van der Waals surface area contributed by atoms with Crippen LogP contribution in [0.3, 0.4) is 0 Å². The number of carbonyl (C=O) groups is 2. The van der Waals surface area contributed by atoms with Gasteiger partial charge in [0.05, 0.1) is 6.04 Å². The molecule has 1 rings (SSSR count). The zero-order valence-electron chi connectivity index (χ0n) is 12.6. The lowest BCUT2D eigenvalue weighted by molar-refractivity contribution is -0.121. The van der Waals surface area contributed by atoms with Gasteiger partial charge < -0.3 is 16.8 Å². The molecule has 21 heavy (non-hydrogen) atoms. The summed E-state index contributed by atoms with van der Waals surface area (Å²) in [5, 5.41) is 2.83. The first-order valence-corrected chi connectivity index (χ1v) is 7.36. The van der Waals surface area contributed by atoms with Crippen molar-refractivity contribution in [1.29, 1.82) is 0 Å². The lowest BCUT2D eigenvalue weighted by atomic mass is 10.1. The predicted octanol–water partition coefficient (Wildman–Crippen LogP) is 1.03. The van der Waals surface area contributed by atoms with E-state index in [1.54, 1.807) is 0 Å². The Kier molecular flexibility index (Phi) is 7.46. The van der Waals surface area contributed by atoms with Gasteiger partial charge in [0.2, 0.25) is 11.8 Å². The molecule has 1 atom stereocenters. The molecule has 5 heteroatoms. The lowest BCUT2D eigenvalue weighted by Crippen LogP contribution is -2.37. The highest BCUT2D eigenvalue weighted by molar-refractivity contribution is 5.79. The van der Waals surface area contributed by atoms with E-state index in [2.05, 4.69) is 36.5 Å². The number of hydrogen-bond donors (Lipinski definition) is 3. The van der Waals surface area contributed by atoms with Crippen LogP contribution in [0.4, 0.5) is 0 Å². The fourth-order valence-corrected chi connectivity index (χ4v) is 1.99. The van der Waals surface area contributed by atoms with Gasteiger partial charge in [-0.2, -0.15) is 0 Å². The van der Waals surface area contributed by atoms with E-state index in [0.29, 0.717) is 25.8 Å². The minimum Gasteiger partial charge on any atom is -0.368 e. The zero-order valence-corrected chi connectivity index (χ0v) is 12.6. The Morgan fingerprint density at radius 3 is 2.48 bits per heavy atom. The lowest BCUT2D eigenvalue weighted by Gasteiger charge is -2.08. The van der Waals surface area contributed by atoms with E-state index in [1.165, 1.54) is 11.1 Å². The fourth-order valence-electron chi connectivity index (χ4n) is 1.99. The number of primary amides is 1. The second-order valence-electron chi connectivity index (χ2n) is 5.34. The molecule has 0 heterocycles. The highest BCUT2D eigenvalue weighted by atomic mass is 16.2. The highest BCUT2D eigenvalue weighted by Gasteiger charge is 2.08. The molecule has 0 spiro atoms. The van der Waals surface area contributed by atoms with Crippen molar-refractivity contribution in [1.82, 2.24) is 5.32 Å². The molecule has 0 aliphatic heterocycles. The number of aryl methyl sites for hydroxylation is 2. The van der Waals surface area contributed by atoms with Gasteiger partial charge in [-0.25, -0.2) is 0 Å². The number of benzene rings is 1. The predicted molar refractivity (Wildman–Crippen MR) is 83.5 cm³/mol. The van der Waals surface area contributed by atoms with Gasteiger partial charge >= 0.3 is 0 Å². The molecule has 0 aromatic heterocycles. The van der Waals surface area contributed by atoms with Gasteiger partial charge in [0.1, 0.15) is 0 Å². The summed E-state index contributed by atoms with van der Waals surface area (Å²) >= 11 is 0. The third-order valence-electron chi connectivity index (χ3n) is 3.37. The third kappa shape index (κ3) is 7.46. The maximum atomic E-state index is 11.6. The molecule has 2 amide bonds. The van der Waals surface area contributed by atoms with Gasteiger partial charge in [-0.3, -0.25) is 9.59 Å². The molecule has 0 saturated carbocycles. The minimum absolute atomic E-state index is 0.0368.